The van der Waals surface area contributed by atoms with Gasteiger partial charge < -0.3 is 10.1 Å². The monoisotopic (exact) mass is 281 g/mol. The molecular formula is C15H20ClNO2. The molecule has 2 rings (SSSR count). The van der Waals surface area contributed by atoms with Gasteiger partial charge >= 0.3 is 0 Å². The smallest absolute Gasteiger partial charge is 0.224 e. The number of hydrogen-bond acceptors (Lipinski definition) is 2. The third kappa shape index (κ3) is 3.63. The number of carbonyl (C=O) groups is 1. The Morgan fingerprint density at radius 3 is 2.74 bits per heavy atom. The van der Waals surface area contributed by atoms with Crippen LogP contribution >= 0.6 is 11.6 Å². The average Bonchev–Trinajstić information content (AvgIpc) is 2.86. The van der Waals surface area contributed by atoms with Crippen molar-refractivity contribution in [2.24, 2.45) is 0 Å². The van der Waals surface area contributed by atoms with Crippen molar-refractivity contribution in [2.45, 2.75) is 45.1 Å². The summed E-state index contributed by atoms with van der Waals surface area (Å²) in [6, 6.07) is 4.06. The molecule has 104 valence electrons. The molecule has 1 aliphatic carbocycles. The van der Waals surface area contributed by atoms with Crippen LogP contribution in [0.1, 0.15) is 36.8 Å². The van der Waals surface area contributed by atoms with Crippen molar-refractivity contribution in [3.8, 4) is 5.75 Å². The van der Waals surface area contributed by atoms with Gasteiger partial charge in [-0.2, -0.15) is 0 Å². The van der Waals surface area contributed by atoms with Gasteiger partial charge in [-0.15, -0.1) is 0 Å². The maximum Gasteiger partial charge on any atom is 0.224 e. The van der Waals surface area contributed by atoms with E-state index in [0.29, 0.717) is 23.2 Å². The number of methoxy groups -OCH3 is 1. The molecule has 1 saturated carbocycles. The van der Waals surface area contributed by atoms with E-state index in [1.54, 1.807) is 7.11 Å². The van der Waals surface area contributed by atoms with Gasteiger partial charge in [0.25, 0.3) is 0 Å². The van der Waals surface area contributed by atoms with Gasteiger partial charge in [-0.05, 0) is 43.0 Å². The van der Waals surface area contributed by atoms with Gasteiger partial charge in [0.05, 0.1) is 18.6 Å². The Kier molecular flexibility index (Phi) is 4.70. The van der Waals surface area contributed by atoms with E-state index in [4.69, 9.17) is 16.3 Å². The van der Waals surface area contributed by atoms with E-state index in [2.05, 4.69) is 5.32 Å². The molecule has 1 amide bonds. The fourth-order valence-electron chi connectivity index (χ4n) is 2.56. The SMILES string of the molecule is COc1cc(C)c(CC(=O)NC2CCCC2)cc1Cl. The summed E-state index contributed by atoms with van der Waals surface area (Å²) >= 11 is 6.10. The first-order valence-corrected chi connectivity index (χ1v) is 7.10. The lowest BCUT2D eigenvalue weighted by atomic mass is 10.0. The molecule has 0 bridgehead atoms. The Hall–Kier alpha value is -1.22. The number of hydrogen-bond donors (Lipinski definition) is 1. The topological polar surface area (TPSA) is 38.3 Å². The van der Waals surface area contributed by atoms with Crippen molar-refractivity contribution in [2.75, 3.05) is 7.11 Å². The summed E-state index contributed by atoms with van der Waals surface area (Å²) in [7, 11) is 1.59. The number of ether oxygens (including phenoxy) is 1. The first-order valence-electron chi connectivity index (χ1n) is 6.72. The highest BCUT2D eigenvalue weighted by molar-refractivity contribution is 6.32. The largest absolute Gasteiger partial charge is 0.495 e. The van der Waals surface area contributed by atoms with Crippen LogP contribution < -0.4 is 10.1 Å². The van der Waals surface area contributed by atoms with E-state index in [1.165, 1.54) is 12.8 Å². The van der Waals surface area contributed by atoms with Gasteiger partial charge in [0.1, 0.15) is 5.75 Å². The van der Waals surface area contributed by atoms with Crippen LogP contribution in [0.2, 0.25) is 5.02 Å². The molecule has 3 nitrogen and oxygen atoms in total. The summed E-state index contributed by atoms with van der Waals surface area (Å²) in [5.41, 5.74) is 1.99. The van der Waals surface area contributed by atoms with Crippen molar-refractivity contribution in [1.29, 1.82) is 0 Å². The Bertz CT molecular complexity index is 467. The van der Waals surface area contributed by atoms with Gasteiger partial charge in [-0.1, -0.05) is 24.4 Å². The quantitative estimate of drug-likeness (QED) is 0.920. The van der Waals surface area contributed by atoms with E-state index < -0.39 is 0 Å². The minimum absolute atomic E-state index is 0.0798. The van der Waals surface area contributed by atoms with Crippen LogP contribution in [0, 0.1) is 6.92 Å². The predicted molar refractivity (Wildman–Crippen MR) is 76.8 cm³/mol. The van der Waals surface area contributed by atoms with Crippen LogP contribution in [0.25, 0.3) is 0 Å². The number of aryl methyl sites for hydroxylation is 1. The second-order valence-corrected chi connectivity index (χ2v) is 5.55. The first kappa shape index (κ1) is 14.2. The molecule has 1 fully saturated rings. The average molecular weight is 282 g/mol. The molecule has 1 N–H and O–H groups in total. The Labute approximate surface area is 119 Å². The van der Waals surface area contributed by atoms with Gasteiger partial charge in [-0.3, -0.25) is 4.79 Å². The molecule has 4 heteroatoms. The summed E-state index contributed by atoms with van der Waals surface area (Å²) in [5.74, 6) is 0.732. The van der Waals surface area contributed by atoms with E-state index in [-0.39, 0.29) is 5.91 Å². The normalized spacial score (nSPS) is 15.5. The summed E-state index contributed by atoms with van der Waals surface area (Å²) < 4.78 is 5.16. The van der Waals surface area contributed by atoms with E-state index in [1.807, 2.05) is 19.1 Å². The standard InChI is InChI=1S/C15H20ClNO2/c1-10-7-14(19-2)13(16)8-11(10)9-15(18)17-12-5-3-4-6-12/h7-8,12H,3-6,9H2,1-2H3,(H,17,18). The van der Waals surface area contributed by atoms with Gasteiger partial charge in [0.15, 0.2) is 0 Å². The molecule has 0 aliphatic heterocycles. The maximum absolute atomic E-state index is 12.0. The molecule has 0 radical (unpaired) electrons. The Balaban J connectivity index is 2.01. The molecule has 0 atom stereocenters. The molecule has 0 aromatic heterocycles. The zero-order valence-electron chi connectivity index (χ0n) is 11.5. The van der Waals surface area contributed by atoms with Crippen molar-refractivity contribution >= 4 is 17.5 Å². The third-order valence-electron chi connectivity index (χ3n) is 3.68. The molecule has 0 heterocycles. The summed E-state index contributed by atoms with van der Waals surface area (Å²) in [6.07, 6.45) is 5.03. The second kappa shape index (κ2) is 6.29. The lowest BCUT2D eigenvalue weighted by Gasteiger charge is -2.14. The Morgan fingerprint density at radius 1 is 1.42 bits per heavy atom. The highest BCUT2D eigenvalue weighted by Gasteiger charge is 2.18. The van der Waals surface area contributed by atoms with E-state index >= 15 is 0 Å². The molecule has 0 unspecified atom stereocenters. The molecule has 19 heavy (non-hydrogen) atoms. The number of carbonyl (C=O) groups excluding carboxylic acids is 1. The van der Waals surface area contributed by atoms with Crippen LogP contribution in [0.3, 0.4) is 0 Å². The number of amides is 1. The number of halogens is 1. The van der Waals surface area contributed by atoms with Crippen LogP contribution in [-0.4, -0.2) is 19.1 Å². The van der Waals surface area contributed by atoms with Crippen LogP contribution in [0.5, 0.6) is 5.75 Å². The highest BCUT2D eigenvalue weighted by Crippen LogP contribution is 2.28. The summed E-state index contributed by atoms with van der Waals surface area (Å²) in [6.45, 7) is 1.97. The van der Waals surface area contributed by atoms with E-state index in [9.17, 15) is 4.79 Å². The zero-order chi connectivity index (χ0) is 13.8. The first-order chi connectivity index (χ1) is 9.10. The van der Waals surface area contributed by atoms with E-state index in [0.717, 1.165) is 24.0 Å². The minimum Gasteiger partial charge on any atom is -0.495 e. The molecule has 1 aromatic carbocycles. The zero-order valence-corrected chi connectivity index (χ0v) is 12.2. The summed E-state index contributed by atoms with van der Waals surface area (Å²) in [5, 5.41) is 3.64. The molecule has 0 saturated heterocycles. The molecule has 1 aliphatic rings. The fourth-order valence-corrected chi connectivity index (χ4v) is 2.83. The van der Waals surface area contributed by atoms with Crippen molar-refractivity contribution in [3.63, 3.8) is 0 Å². The molecule has 0 spiro atoms. The molecular weight excluding hydrogens is 262 g/mol. The Morgan fingerprint density at radius 2 is 2.11 bits per heavy atom. The number of nitrogens with one attached hydrogen (secondary N) is 1. The number of benzene rings is 1. The second-order valence-electron chi connectivity index (χ2n) is 5.14. The van der Waals surface area contributed by atoms with Crippen LogP contribution in [-0.2, 0) is 11.2 Å². The summed E-state index contributed by atoms with van der Waals surface area (Å²) in [4.78, 5) is 12.0. The highest BCUT2D eigenvalue weighted by atomic mass is 35.5. The minimum atomic E-state index is 0.0798. The fraction of sp³-hybridized carbons (Fsp3) is 0.533. The molecule has 1 aromatic rings. The lowest BCUT2D eigenvalue weighted by molar-refractivity contribution is -0.121. The lowest BCUT2D eigenvalue weighted by Crippen LogP contribution is -2.33. The van der Waals surface area contributed by atoms with Gasteiger partial charge in [0.2, 0.25) is 5.91 Å². The van der Waals surface area contributed by atoms with Gasteiger partial charge in [0, 0.05) is 6.04 Å². The maximum atomic E-state index is 12.0. The van der Waals surface area contributed by atoms with Crippen molar-refractivity contribution in [1.82, 2.24) is 5.32 Å². The van der Waals surface area contributed by atoms with Crippen molar-refractivity contribution in [3.05, 3.63) is 28.3 Å². The number of rotatable bonds is 4. The third-order valence-corrected chi connectivity index (χ3v) is 3.98. The van der Waals surface area contributed by atoms with Crippen LogP contribution in [0.4, 0.5) is 0 Å². The van der Waals surface area contributed by atoms with Crippen LogP contribution in [0.15, 0.2) is 12.1 Å². The van der Waals surface area contributed by atoms with Gasteiger partial charge in [-0.25, -0.2) is 0 Å². The van der Waals surface area contributed by atoms with Crippen molar-refractivity contribution < 1.29 is 9.53 Å². The predicted octanol–water partition coefficient (Wildman–Crippen LogP) is 3.26.